The van der Waals surface area contributed by atoms with Crippen molar-refractivity contribution >= 4 is 11.6 Å². The molecule has 5 heteroatoms. The number of halogens is 4. The number of benzene rings is 1. The molecule has 78 valence electrons. The summed E-state index contributed by atoms with van der Waals surface area (Å²) in [6.07, 6.45) is -4.42. The van der Waals surface area contributed by atoms with E-state index in [1.807, 2.05) is 0 Å². The van der Waals surface area contributed by atoms with E-state index >= 15 is 0 Å². The monoisotopic (exact) mass is 224 g/mol. The quantitative estimate of drug-likeness (QED) is 0.747. The smallest absolute Gasteiger partial charge is 0.380 e. The van der Waals surface area contributed by atoms with Gasteiger partial charge in [0, 0.05) is 7.11 Å². The Kier molecular flexibility index (Phi) is 3.39. The first-order chi connectivity index (χ1) is 6.45. The molecule has 0 aliphatic carbocycles. The maximum Gasteiger partial charge on any atom is 0.417 e. The maximum atomic E-state index is 12.3. The topological polar surface area (TPSA) is 9.23 Å². The Morgan fingerprint density at radius 1 is 1.36 bits per heavy atom. The van der Waals surface area contributed by atoms with Gasteiger partial charge in [0.15, 0.2) is 0 Å². The predicted octanol–water partition coefficient (Wildman–Crippen LogP) is 3.51. The van der Waals surface area contributed by atoms with Gasteiger partial charge in [-0.3, -0.25) is 0 Å². The highest BCUT2D eigenvalue weighted by molar-refractivity contribution is 6.31. The number of ether oxygens (including phenoxy) is 1. The van der Waals surface area contributed by atoms with Crippen LogP contribution in [0.4, 0.5) is 13.2 Å². The van der Waals surface area contributed by atoms with Gasteiger partial charge in [0.25, 0.3) is 0 Å². The van der Waals surface area contributed by atoms with Crippen molar-refractivity contribution in [3.05, 3.63) is 34.3 Å². The molecule has 0 aromatic heterocycles. The van der Waals surface area contributed by atoms with E-state index in [2.05, 4.69) is 0 Å². The van der Waals surface area contributed by atoms with Gasteiger partial charge < -0.3 is 4.74 Å². The van der Waals surface area contributed by atoms with Crippen LogP contribution in [0.1, 0.15) is 11.1 Å². The molecule has 0 amide bonds. The number of hydrogen-bond acceptors (Lipinski definition) is 1. The third-order valence-electron chi connectivity index (χ3n) is 1.65. The molecule has 1 aromatic rings. The van der Waals surface area contributed by atoms with E-state index in [-0.39, 0.29) is 11.6 Å². The molecule has 0 bridgehead atoms. The van der Waals surface area contributed by atoms with E-state index in [4.69, 9.17) is 16.3 Å². The SMILES string of the molecule is COCc1ccc(Cl)c(C(F)(F)F)c1. The second kappa shape index (κ2) is 4.19. The predicted molar refractivity (Wildman–Crippen MR) is 47.2 cm³/mol. The number of methoxy groups -OCH3 is 1. The summed E-state index contributed by atoms with van der Waals surface area (Å²) in [5, 5.41) is -0.294. The van der Waals surface area contributed by atoms with Crippen LogP contribution >= 0.6 is 11.6 Å². The van der Waals surface area contributed by atoms with Crippen molar-refractivity contribution in [3.8, 4) is 0 Å². The van der Waals surface area contributed by atoms with Crippen LogP contribution in [0.5, 0.6) is 0 Å². The Hall–Kier alpha value is -0.740. The summed E-state index contributed by atoms with van der Waals surface area (Å²) in [7, 11) is 1.42. The molecule has 0 saturated heterocycles. The van der Waals surface area contributed by atoms with Gasteiger partial charge in [0.2, 0.25) is 0 Å². The lowest BCUT2D eigenvalue weighted by molar-refractivity contribution is -0.137. The summed E-state index contributed by atoms with van der Waals surface area (Å²) in [5.74, 6) is 0. The summed E-state index contributed by atoms with van der Waals surface area (Å²) < 4.78 is 41.8. The van der Waals surface area contributed by atoms with Gasteiger partial charge in [-0.2, -0.15) is 13.2 Å². The third-order valence-corrected chi connectivity index (χ3v) is 1.98. The molecule has 0 saturated carbocycles. The highest BCUT2D eigenvalue weighted by Crippen LogP contribution is 2.35. The first-order valence-corrected chi connectivity index (χ1v) is 4.17. The van der Waals surface area contributed by atoms with Crippen LogP contribution in [0.2, 0.25) is 5.02 Å². The van der Waals surface area contributed by atoms with Crippen LogP contribution in [0.15, 0.2) is 18.2 Å². The van der Waals surface area contributed by atoms with Crippen molar-refractivity contribution in [3.63, 3.8) is 0 Å². The van der Waals surface area contributed by atoms with Gasteiger partial charge in [0.05, 0.1) is 17.2 Å². The molecule has 0 spiro atoms. The Bertz CT molecular complexity index is 322. The lowest BCUT2D eigenvalue weighted by atomic mass is 10.1. The van der Waals surface area contributed by atoms with Crippen LogP contribution in [-0.4, -0.2) is 7.11 Å². The first kappa shape index (κ1) is 11.3. The van der Waals surface area contributed by atoms with E-state index in [0.29, 0.717) is 5.56 Å². The van der Waals surface area contributed by atoms with Crippen molar-refractivity contribution in [1.29, 1.82) is 0 Å². The zero-order valence-electron chi connectivity index (χ0n) is 7.36. The maximum absolute atomic E-state index is 12.3. The summed E-state index contributed by atoms with van der Waals surface area (Å²) >= 11 is 5.42. The summed E-state index contributed by atoms with van der Waals surface area (Å²) in [4.78, 5) is 0. The zero-order chi connectivity index (χ0) is 10.8. The van der Waals surface area contributed by atoms with Gasteiger partial charge in [-0.05, 0) is 17.7 Å². The van der Waals surface area contributed by atoms with E-state index in [1.165, 1.54) is 19.2 Å². The Labute approximate surface area is 84.4 Å². The average Bonchev–Trinajstić information content (AvgIpc) is 2.07. The summed E-state index contributed by atoms with van der Waals surface area (Å²) in [5.41, 5.74) is -0.377. The largest absolute Gasteiger partial charge is 0.417 e. The molecule has 0 aliphatic rings. The fourth-order valence-electron chi connectivity index (χ4n) is 1.05. The highest BCUT2D eigenvalue weighted by Gasteiger charge is 2.33. The van der Waals surface area contributed by atoms with Gasteiger partial charge >= 0.3 is 6.18 Å². The van der Waals surface area contributed by atoms with Crippen LogP contribution in [0, 0.1) is 0 Å². The lowest BCUT2D eigenvalue weighted by Crippen LogP contribution is -2.06. The van der Waals surface area contributed by atoms with Crippen molar-refractivity contribution in [1.82, 2.24) is 0 Å². The standard InChI is InChI=1S/C9H8ClF3O/c1-14-5-6-2-3-8(10)7(4-6)9(11,12)13/h2-4H,5H2,1H3. The summed E-state index contributed by atoms with van der Waals surface area (Å²) in [6, 6.07) is 3.71. The number of rotatable bonds is 2. The van der Waals surface area contributed by atoms with Crippen LogP contribution in [0.3, 0.4) is 0 Å². The second-order valence-corrected chi connectivity index (χ2v) is 3.15. The molecule has 1 rings (SSSR count). The van der Waals surface area contributed by atoms with E-state index < -0.39 is 11.7 Å². The third kappa shape index (κ3) is 2.62. The number of alkyl halides is 3. The van der Waals surface area contributed by atoms with Crippen LogP contribution < -0.4 is 0 Å². The zero-order valence-corrected chi connectivity index (χ0v) is 8.12. The average molecular weight is 225 g/mol. The number of hydrogen-bond donors (Lipinski definition) is 0. The second-order valence-electron chi connectivity index (χ2n) is 2.74. The molecule has 1 aromatic carbocycles. The Balaban J connectivity index is 3.09. The van der Waals surface area contributed by atoms with Crippen LogP contribution in [-0.2, 0) is 17.5 Å². The molecule has 0 unspecified atom stereocenters. The fourth-order valence-corrected chi connectivity index (χ4v) is 1.27. The van der Waals surface area contributed by atoms with Gasteiger partial charge in [-0.25, -0.2) is 0 Å². The fraction of sp³-hybridized carbons (Fsp3) is 0.333. The van der Waals surface area contributed by atoms with Gasteiger partial charge in [-0.15, -0.1) is 0 Å². The van der Waals surface area contributed by atoms with Gasteiger partial charge in [0.1, 0.15) is 0 Å². The lowest BCUT2D eigenvalue weighted by Gasteiger charge is -2.10. The Morgan fingerprint density at radius 3 is 2.50 bits per heavy atom. The molecule has 0 fully saturated rings. The van der Waals surface area contributed by atoms with Crippen molar-refractivity contribution in [2.75, 3.05) is 7.11 Å². The van der Waals surface area contributed by atoms with Gasteiger partial charge in [-0.1, -0.05) is 17.7 Å². The molecule has 0 radical (unpaired) electrons. The normalized spacial score (nSPS) is 11.8. The highest BCUT2D eigenvalue weighted by atomic mass is 35.5. The molecule has 14 heavy (non-hydrogen) atoms. The van der Waals surface area contributed by atoms with Crippen LogP contribution in [0.25, 0.3) is 0 Å². The molecule has 1 nitrogen and oxygen atoms in total. The molecular weight excluding hydrogens is 217 g/mol. The molecular formula is C9H8ClF3O. The first-order valence-electron chi connectivity index (χ1n) is 3.79. The molecule has 0 N–H and O–H groups in total. The molecule has 0 heterocycles. The van der Waals surface area contributed by atoms with E-state index in [0.717, 1.165) is 6.07 Å². The summed E-state index contributed by atoms with van der Waals surface area (Å²) in [6.45, 7) is 0.139. The Morgan fingerprint density at radius 2 is 2.00 bits per heavy atom. The van der Waals surface area contributed by atoms with E-state index in [1.54, 1.807) is 0 Å². The van der Waals surface area contributed by atoms with E-state index in [9.17, 15) is 13.2 Å². The minimum Gasteiger partial charge on any atom is -0.380 e. The minimum atomic E-state index is -4.42. The van der Waals surface area contributed by atoms with Crippen molar-refractivity contribution < 1.29 is 17.9 Å². The molecule has 0 aliphatic heterocycles. The van der Waals surface area contributed by atoms with Crippen molar-refractivity contribution in [2.24, 2.45) is 0 Å². The van der Waals surface area contributed by atoms with Crippen molar-refractivity contribution in [2.45, 2.75) is 12.8 Å². The minimum absolute atomic E-state index is 0.139. The molecule has 0 atom stereocenters.